The molecule has 4 nitrogen and oxygen atoms in total. The van der Waals surface area contributed by atoms with E-state index < -0.39 is 16.6 Å². The molecule has 0 aliphatic rings. The molecule has 0 amide bonds. The van der Waals surface area contributed by atoms with E-state index in [9.17, 15) is 9.59 Å². The summed E-state index contributed by atoms with van der Waals surface area (Å²) in [6.07, 6.45) is 0. The molecule has 0 spiro atoms. The van der Waals surface area contributed by atoms with Gasteiger partial charge in [0.25, 0.3) is 0 Å². The summed E-state index contributed by atoms with van der Waals surface area (Å²) in [5.41, 5.74) is 2.85. The molecule has 180 valence electrons. The second-order valence-corrected chi connectivity index (χ2v) is 19.8. The average Bonchev–Trinajstić information content (AvgIpc) is 2.53. The maximum Gasteiger partial charge on any atom is 0.196 e. The van der Waals surface area contributed by atoms with Crippen molar-refractivity contribution in [1.82, 2.24) is 0 Å². The van der Waals surface area contributed by atoms with Crippen LogP contribution in [-0.2, 0) is 21.7 Å². The van der Waals surface area contributed by atoms with Crippen LogP contribution < -0.4 is 0 Å². The van der Waals surface area contributed by atoms with E-state index in [0.717, 1.165) is 0 Å². The minimum absolute atomic E-state index is 0. The van der Waals surface area contributed by atoms with Gasteiger partial charge in [-0.25, -0.2) is 0 Å². The number of hydrogen-bond acceptors (Lipinski definition) is 4. The van der Waals surface area contributed by atoms with Crippen molar-refractivity contribution >= 4 is 16.6 Å². The van der Waals surface area contributed by atoms with Crippen molar-refractivity contribution in [2.45, 2.75) is 130 Å². The maximum absolute atomic E-state index is 10.4. The van der Waals surface area contributed by atoms with Gasteiger partial charge in [-0.15, -0.1) is 0 Å². The van der Waals surface area contributed by atoms with Gasteiger partial charge >= 0.3 is 0 Å². The molecule has 0 saturated heterocycles. The molecule has 0 aromatic carbocycles. The summed E-state index contributed by atoms with van der Waals surface area (Å²) in [5, 5.41) is 15.1. The molecule has 4 N–H and O–H groups in total. The van der Waals surface area contributed by atoms with Crippen molar-refractivity contribution in [3.63, 3.8) is 0 Å². The predicted octanol–water partition coefficient (Wildman–Crippen LogP) is 6.30. The third kappa shape index (κ3) is 15.4. The number of hydrogen-bond donors (Lipinski definition) is 4. The minimum Gasteiger partial charge on any atom is -0.431 e. The van der Waals surface area contributed by atoms with Gasteiger partial charge in [-0.3, -0.25) is 0 Å². The van der Waals surface area contributed by atoms with Crippen LogP contribution in [0.4, 0.5) is 0 Å². The summed E-state index contributed by atoms with van der Waals surface area (Å²) in [7, 11) is -3.96. The summed E-state index contributed by atoms with van der Waals surface area (Å²) in [6, 6.07) is 0. The normalized spacial score (nSPS) is 11.6. The van der Waals surface area contributed by atoms with E-state index in [2.05, 4.69) is 83.1 Å². The van der Waals surface area contributed by atoms with Crippen LogP contribution in [0.2, 0.25) is 33.2 Å². The Kier molecular flexibility index (Phi) is 29.0. The Labute approximate surface area is 201 Å². The Bertz CT molecular complexity index is 261. The molecule has 0 unspecified atom stereocenters. The largest absolute Gasteiger partial charge is 0.431 e. The zero-order valence-electron chi connectivity index (χ0n) is 22.2. The summed E-state index contributed by atoms with van der Waals surface area (Å²) in [6.45, 7) is 29.6. The Morgan fingerprint density at radius 3 is 0.517 bits per heavy atom. The van der Waals surface area contributed by atoms with Crippen LogP contribution in [0.15, 0.2) is 0 Å². The Morgan fingerprint density at radius 2 is 0.517 bits per heavy atom. The molecule has 29 heavy (non-hydrogen) atoms. The van der Waals surface area contributed by atoms with E-state index in [1.807, 2.05) is 0 Å². The first-order valence-electron chi connectivity index (χ1n) is 11.2. The van der Waals surface area contributed by atoms with Crippen LogP contribution in [0, 0.1) is 0 Å². The monoisotopic (exact) mass is 488 g/mol. The molecule has 0 aromatic rings. The van der Waals surface area contributed by atoms with Gasteiger partial charge in [-0.05, 0) is 47.1 Å². The molecule has 0 bridgehead atoms. The Balaban J connectivity index is -0.000000101. The van der Waals surface area contributed by atoms with Crippen molar-refractivity contribution in [3.05, 3.63) is 0 Å². The second-order valence-electron chi connectivity index (χ2n) is 9.34. The molecule has 0 heterocycles. The zero-order chi connectivity index (χ0) is 23.9. The van der Waals surface area contributed by atoms with Gasteiger partial charge in [0.1, 0.15) is 0 Å². The average molecular weight is 489 g/mol. The molecule has 0 saturated carbocycles. The summed E-state index contributed by atoms with van der Waals surface area (Å²) < 4.78 is 0. The topological polar surface area (TPSA) is 80.9 Å². The van der Waals surface area contributed by atoms with Gasteiger partial charge in [0, 0.05) is 34.9 Å². The third-order valence-corrected chi connectivity index (χ3v) is 16.6. The van der Waals surface area contributed by atoms with Crippen molar-refractivity contribution < 1.29 is 41.5 Å². The molecular weight excluding hydrogens is 432 g/mol. The summed E-state index contributed by atoms with van der Waals surface area (Å²) >= 11 is 0. The molecule has 0 aliphatic carbocycles. The number of rotatable bonds is 6. The van der Waals surface area contributed by atoms with E-state index in [1.54, 1.807) is 13.8 Å². The van der Waals surface area contributed by atoms with E-state index in [0.29, 0.717) is 33.2 Å². The van der Waals surface area contributed by atoms with Gasteiger partial charge in [-0.1, -0.05) is 83.1 Å². The van der Waals surface area contributed by atoms with Crippen molar-refractivity contribution in [2.75, 3.05) is 13.2 Å². The predicted molar refractivity (Wildman–Crippen MR) is 132 cm³/mol. The summed E-state index contributed by atoms with van der Waals surface area (Å²) in [4.78, 5) is 20.8. The van der Waals surface area contributed by atoms with E-state index in [1.165, 1.54) is 0 Å². The fourth-order valence-electron chi connectivity index (χ4n) is 4.00. The van der Waals surface area contributed by atoms with Crippen molar-refractivity contribution in [2.24, 2.45) is 0 Å². The Hall–Kier alpha value is 0.988. The van der Waals surface area contributed by atoms with Crippen molar-refractivity contribution in [1.29, 1.82) is 0 Å². The second kappa shape index (κ2) is 20.9. The van der Waals surface area contributed by atoms with E-state index in [4.69, 9.17) is 10.2 Å². The third-order valence-electron chi connectivity index (χ3n) is 5.55. The first-order valence-corrected chi connectivity index (χ1v) is 15.5. The molecule has 0 fully saturated rings. The first kappa shape index (κ1) is 40.4. The fraction of sp³-hybridized carbons (Fsp3) is 1.00. The summed E-state index contributed by atoms with van der Waals surface area (Å²) in [5.74, 6) is 0. The van der Waals surface area contributed by atoms with Gasteiger partial charge in [0.05, 0.1) is 0 Å². The van der Waals surface area contributed by atoms with E-state index >= 15 is 0 Å². The zero-order valence-corrected chi connectivity index (χ0v) is 25.7. The van der Waals surface area contributed by atoms with Gasteiger partial charge in [-0.2, -0.15) is 0 Å². The molecule has 0 aliphatic heterocycles. The standard InChI is InChI=1S/2C9H22OSi.2C2H6O.Ti/c2*1-7(2)11(10,8(3)4)9(5)6;2*1-2-3;/h2*7-10H,1-6H3;2*3H,2H2,1H3;. The molecule has 0 radical (unpaired) electrons. The smallest absolute Gasteiger partial charge is 0.196 e. The van der Waals surface area contributed by atoms with Gasteiger partial charge < -0.3 is 19.8 Å². The Morgan fingerprint density at radius 1 is 0.448 bits per heavy atom. The van der Waals surface area contributed by atoms with Crippen molar-refractivity contribution in [3.8, 4) is 0 Å². The molecule has 0 aromatic heterocycles. The molecule has 7 heteroatoms. The SMILES string of the molecule is CC(C)[Si](O)(C(C)C)C(C)C.CC(C)[Si](O)(C(C)C)C(C)C.CCO.CCO.[Ti]. The quantitative estimate of drug-likeness (QED) is 0.331. The van der Waals surface area contributed by atoms with Gasteiger partial charge in [0.2, 0.25) is 0 Å². The van der Waals surface area contributed by atoms with E-state index in [-0.39, 0.29) is 34.9 Å². The van der Waals surface area contributed by atoms with Crippen LogP contribution in [0.3, 0.4) is 0 Å². The maximum atomic E-state index is 10.4. The molecular formula is C22H56O4Si2Ti. The van der Waals surface area contributed by atoms with Crippen LogP contribution in [0.5, 0.6) is 0 Å². The molecule has 0 atom stereocenters. The van der Waals surface area contributed by atoms with Crippen LogP contribution in [-0.4, -0.2) is 49.7 Å². The van der Waals surface area contributed by atoms with Crippen LogP contribution in [0.25, 0.3) is 0 Å². The number of aliphatic hydroxyl groups excluding tert-OH is 2. The van der Waals surface area contributed by atoms with Gasteiger partial charge in [0.15, 0.2) is 16.6 Å². The molecule has 0 rings (SSSR count). The van der Waals surface area contributed by atoms with Crippen LogP contribution >= 0.6 is 0 Å². The first-order chi connectivity index (χ1) is 12.5. The van der Waals surface area contributed by atoms with Crippen LogP contribution in [0.1, 0.15) is 96.9 Å². The fourth-order valence-corrected chi connectivity index (χ4v) is 12.0. The number of aliphatic hydroxyl groups is 2. The minimum atomic E-state index is -1.98.